The minimum absolute atomic E-state index is 0.173. The van der Waals surface area contributed by atoms with Crippen LogP contribution in [0.2, 0.25) is 0 Å². The lowest BCUT2D eigenvalue weighted by Crippen LogP contribution is -2.33. The number of aliphatic hydroxyl groups excluding tert-OH is 1. The zero-order valence-electron chi connectivity index (χ0n) is 12.2. The third-order valence-corrected chi connectivity index (χ3v) is 2.97. The van der Waals surface area contributed by atoms with Crippen LogP contribution in [-0.2, 0) is 12.7 Å². The van der Waals surface area contributed by atoms with E-state index < -0.39 is 30.1 Å². The molecule has 0 bridgehead atoms. The van der Waals surface area contributed by atoms with Crippen molar-refractivity contribution in [1.82, 2.24) is 9.78 Å². The van der Waals surface area contributed by atoms with Gasteiger partial charge in [-0.2, -0.15) is 18.3 Å². The van der Waals surface area contributed by atoms with Crippen molar-refractivity contribution in [2.24, 2.45) is 0 Å². The Balaban J connectivity index is 2.02. The Kier molecular flexibility index (Phi) is 5.05. The second kappa shape index (κ2) is 6.82. The van der Waals surface area contributed by atoms with Crippen molar-refractivity contribution in [2.75, 3.05) is 6.61 Å². The Morgan fingerprint density at radius 2 is 2.04 bits per heavy atom. The minimum atomic E-state index is -4.65. The highest BCUT2D eigenvalue weighted by atomic mass is 19.4. The zero-order chi connectivity index (χ0) is 17.0. The maximum atomic E-state index is 12.6. The van der Waals surface area contributed by atoms with E-state index in [4.69, 9.17) is 4.74 Å². The molecule has 0 aliphatic heterocycles. The fourth-order valence-electron chi connectivity index (χ4n) is 1.88. The van der Waals surface area contributed by atoms with Crippen LogP contribution in [0.25, 0.3) is 0 Å². The number of aromatic nitrogens is 2. The Morgan fingerprint density at radius 3 is 2.70 bits per heavy atom. The molecule has 0 fully saturated rings. The number of rotatable bonds is 5. The SMILES string of the molecule is Cc1cccc(OCC(O)Cn2nc(C(F)(F)F)ccc2=O)c1. The van der Waals surface area contributed by atoms with Gasteiger partial charge in [-0.3, -0.25) is 4.79 Å². The van der Waals surface area contributed by atoms with Gasteiger partial charge in [0.05, 0.1) is 6.54 Å². The van der Waals surface area contributed by atoms with Gasteiger partial charge in [0, 0.05) is 6.07 Å². The van der Waals surface area contributed by atoms with E-state index in [1.807, 2.05) is 13.0 Å². The molecule has 1 aromatic carbocycles. The smallest absolute Gasteiger partial charge is 0.435 e. The molecule has 8 heteroatoms. The lowest BCUT2D eigenvalue weighted by molar-refractivity contribution is -0.142. The maximum absolute atomic E-state index is 12.6. The second-order valence-corrected chi connectivity index (χ2v) is 5.02. The maximum Gasteiger partial charge on any atom is 0.435 e. The van der Waals surface area contributed by atoms with Crippen LogP contribution in [0.15, 0.2) is 41.2 Å². The first-order valence-electron chi connectivity index (χ1n) is 6.78. The van der Waals surface area contributed by atoms with Crippen LogP contribution < -0.4 is 10.3 Å². The number of hydrogen-bond acceptors (Lipinski definition) is 4. The zero-order valence-corrected chi connectivity index (χ0v) is 12.2. The van der Waals surface area contributed by atoms with Crippen LogP contribution in [0.4, 0.5) is 13.2 Å². The Morgan fingerprint density at radius 1 is 1.30 bits per heavy atom. The predicted molar refractivity (Wildman–Crippen MR) is 76.2 cm³/mol. The third kappa shape index (κ3) is 4.82. The lowest BCUT2D eigenvalue weighted by atomic mass is 10.2. The molecule has 1 unspecified atom stereocenters. The van der Waals surface area contributed by atoms with Crippen molar-refractivity contribution in [3.05, 3.63) is 58.0 Å². The minimum Gasteiger partial charge on any atom is -0.491 e. The Bertz CT molecular complexity index is 728. The van der Waals surface area contributed by atoms with Gasteiger partial charge in [0.15, 0.2) is 5.69 Å². The average Bonchev–Trinajstić information content (AvgIpc) is 2.46. The predicted octanol–water partition coefficient (Wildman–Crippen LogP) is 2.01. The van der Waals surface area contributed by atoms with Crippen LogP contribution in [0.3, 0.4) is 0 Å². The van der Waals surface area contributed by atoms with Crippen molar-refractivity contribution in [2.45, 2.75) is 25.7 Å². The summed E-state index contributed by atoms with van der Waals surface area (Å²) in [7, 11) is 0. The van der Waals surface area contributed by atoms with Crippen molar-refractivity contribution in [1.29, 1.82) is 0 Å². The van der Waals surface area contributed by atoms with E-state index in [0.717, 1.165) is 11.6 Å². The molecule has 23 heavy (non-hydrogen) atoms. The van der Waals surface area contributed by atoms with E-state index in [1.165, 1.54) is 0 Å². The summed E-state index contributed by atoms with van der Waals surface area (Å²) in [6.45, 7) is 1.30. The second-order valence-electron chi connectivity index (χ2n) is 5.02. The van der Waals surface area contributed by atoms with Crippen LogP contribution >= 0.6 is 0 Å². The van der Waals surface area contributed by atoms with E-state index in [2.05, 4.69) is 5.10 Å². The first kappa shape index (κ1) is 17.0. The molecule has 1 N–H and O–H groups in total. The summed E-state index contributed by atoms with van der Waals surface area (Å²) in [5.74, 6) is 0.522. The summed E-state index contributed by atoms with van der Waals surface area (Å²) in [6, 6.07) is 8.46. The van der Waals surface area contributed by atoms with Crippen molar-refractivity contribution >= 4 is 0 Å². The summed E-state index contributed by atoms with van der Waals surface area (Å²) >= 11 is 0. The fraction of sp³-hybridized carbons (Fsp3) is 0.333. The van der Waals surface area contributed by atoms with Crippen molar-refractivity contribution in [3.63, 3.8) is 0 Å². The molecule has 0 saturated carbocycles. The normalized spacial score (nSPS) is 12.9. The largest absolute Gasteiger partial charge is 0.491 e. The molecule has 124 valence electrons. The van der Waals surface area contributed by atoms with Gasteiger partial charge in [-0.25, -0.2) is 4.68 Å². The van der Waals surface area contributed by atoms with Gasteiger partial charge < -0.3 is 9.84 Å². The highest BCUT2D eigenvalue weighted by Gasteiger charge is 2.33. The number of aliphatic hydroxyl groups is 1. The molecular formula is C15H15F3N2O3. The molecule has 0 saturated heterocycles. The van der Waals surface area contributed by atoms with Crippen LogP contribution in [0, 0.1) is 6.92 Å². The third-order valence-electron chi connectivity index (χ3n) is 2.97. The molecule has 0 amide bonds. The molecule has 0 aliphatic rings. The summed E-state index contributed by atoms with van der Waals surface area (Å²) < 4.78 is 43.7. The number of alkyl halides is 3. The van der Waals surface area contributed by atoms with Gasteiger partial charge in [0.25, 0.3) is 5.56 Å². The highest BCUT2D eigenvalue weighted by Crippen LogP contribution is 2.26. The molecule has 1 aromatic heterocycles. The van der Waals surface area contributed by atoms with Gasteiger partial charge in [0.2, 0.25) is 0 Å². The quantitative estimate of drug-likeness (QED) is 0.912. The molecule has 0 aliphatic carbocycles. The average molecular weight is 328 g/mol. The summed E-state index contributed by atoms with van der Waals surface area (Å²) in [4.78, 5) is 11.5. The Hall–Kier alpha value is -2.35. The number of ether oxygens (including phenoxy) is 1. The van der Waals surface area contributed by atoms with Crippen LogP contribution in [0.1, 0.15) is 11.3 Å². The molecule has 5 nitrogen and oxygen atoms in total. The first-order valence-corrected chi connectivity index (χ1v) is 6.78. The van der Waals surface area contributed by atoms with E-state index in [9.17, 15) is 23.1 Å². The number of halogens is 3. The van der Waals surface area contributed by atoms with Gasteiger partial charge in [0.1, 0.15) is 18.5 Å². The van der Waals surface area contributed by atoms with E-state index in [-0.39, 0.29) is 6.61 Å². The molecule has 0 spiro atoms. The van der Waals surface area contributed by atoms with Crippen molar-refractivity contribution in [3.8, 4) is 5.75 Å². The molecule has 0 radical (unpaired) electrons. The summed E-state index contributed by atoms with van der Waals surface area (Å²) in [5.41, 5.74) is -0.954. The monoisotopic (exact) mass is 328 g/mol. The molecule has 1 heterocycles. The van der Waals surface area contributed by atoms with E-state index >= 15 is 0 Å². The number of aryl methyl sites for hydroxylation is 1. The van der Waals surface area contributed by atoms with E-state index in [0.29, 0.717) is 16.5 Å². The van der Waals surface area contributed by atoms with Crippen LogP contribution in [-0.4, -0.2) is 27.6 Å². The summed E-state index contributed by atoms with van der Waals surface area (Å²) in [6.07, 6.45) is -5.83. The first-order chi connectivity index (χ1) is 10.8. The van der Waals surface area contributed by atoms with E-state index in [1.54, 1.807) is 18.2 Å². The molecular weight excluding hydrogens is 313 g/mol. The molecule has 2 aromatic rings. The number of hydrogen-bond donors (Lipinski definition) is 1. The number of nitrogens with zero attached hydrogens (tertiary/aromatic N) is 2. The van der Waals surface area contributed by atoms with Crippen molar-refractivity contribution < 1.29 is 23.0 Å². The molecule has 2 rings (SSSR count). The van der Waals surface area contributed by atoms with Gasteiger partial charge >= 0.3 is 6.18 Å². The molecule has 1 atom stereocenters. The fourth-order valence-corrected chi connectivity index (χ4v) is 1.88. The topological polar surface area (TPSA) is 64.3 Å². The Labute approximate surface area is 129 Å². The standard InChI is InChI=1S/C15H15F3N2O3/c1-10-3-2-4-12(7-10)23-9-11(21)8-20-14(22)6-5-13(19-20)15(16,17)18/h2-7,11,21H,8-9H2,1H3. The van der Waals surface area contributed by atoms with Gasteiger partial charge in [-0.05, 0) is 30.7 Å². The highest BCUT2D eigenvalue weighted by molar-refractivity contribution is 5.27. The summed E-state index contributed by atoms with van der Waals surface area (Å²) in [5, 5.41) is 13.1. The van der Waals surface area contributed by atoms with Gasteiger partial charge in [-0.1, -0.05) is 12.1 Å². The van der Waals surface area contributed by atoms with Gasteiger partial charge in [-0.15, -0.1) is 0 Å². The van der Waals surface area contributed by atoms with Crippen LogP contribution in [0.5, 0.6) is 5.75 Å². The number of benzene rings is 1. The lowest BCUT2D eigenvalue weighted by Gasteiger charge is -2.14.